The van der Waals surface area contributed by atoms with Gasteiger partial charge in [0.2, 0.25) is 11.4 Å². The second kappa shape index (κ2) is 8.41. The van der Waals surface area contributed by atoms with Crippen molar-refractivity contribution in [3.8, 4) is 44.8 Å². The molecule has 1 nitrogen and oxygen atoms in total. The lowest BCUT2D eigenvalue weighted by atomic mass is 9.89. The zero-order chi connectivity index (χ0) is 21.0. The van der Waals surface area contributed by atoms with E-state index in [1.54, 1.807) is 0 Å². The van der Waals surface area contributed by atoms with Crippen molar-refractivity contribution in [2.75, 3.05) is 0 Å². The van der Waals surface area contributed by atoms with Crippen molar-refractivity contribution in [1.82, 2.24) is 0 Å². The van der Waals surface area contributed by atoms with Crippen LogP contribution in [-0.2, 0) is 7.05 Å². The van der Waals surface area contributed by atoms with Gasteiger partial charge in [-0.05, 0) is 35.4 Å². The molecule has 0 amide bonds. The summed E-state index contributed by atoms with van der Waals surface area (Å²) in [5.41, 5.74) is 9.75. The highest BCUT2D eigenvalue weighted by atomic mass is 15.0. The second-order valence-electron chi connectivity index (χ2n) is 7.69. The van der Waals surface area contributed by atoms with Crippen LogP contribution in [0.1, 0.15) is 0 Å². The maximum absolute atomic E-state index is 2.33. The average Bonchev–Trinajstić information content (AvgIpc) is 2.86. The molecule has 0 aliphatic heterocycles. The van der Waals surface area contributed by atoms with Crippen LogP contribution in [0.25, 0.3) is 44.8 Å². The number of pyridine rings is 1. The molecular formula is C30H24N+. The Labute approximate surface area is 183 Å². The van der Waals surface area contributed by atoms with Crippen LogP contribution in [-0.4, -0.2) is 0 Å². The van der Waals surface area contributed by atoms with E-state index in [0.717, 1.165) is 0 Å². The first-order chi connectivity index (χ1) is 15.3. The summed E-state index contributed by atoms with van der Waals surface area (Å²) >= 11 is 0. The van der Waals surface area contributed by atoms with Gasteiger partial charge in [0.1, 0.15) is 7.05 Å². The van der Waals surface area contributed by atoms with Gasteiger partial charge in [-0.2, -0.15) is 4.57 Å². The second-order valence-corrected chi connectivity index (χ2v) is 7.69. The van der Waals surface area contributed by atoms with Crippen molar-refractivity contribution >= 4 is 0 Å². The van der Waals surface area contributed by atoms with Gasteiger partial charge in [0.25, 0.3) is 0 Å². The highest BCUT2D eigenvalue weighted by Gasteiger charge is 2.26. The number of benzene rings is 4. The summed E-state index contributed by atoms with van der Waals surface area (Å²) in [6, 6.07) is 45.1. The molecular weight excluding hydrogens is 374 g/mol. The summed E-state index contributed by atoms with van der Waals surface area (Å²) in [6.45, 7) is 0. The summed E-state index contributed by atoms with van der Waals surface area (Å²) in [6.07, 6.45) is 0. The van der Waals surface area contributed by atoms with E-state index in [1.165, 1.54) is 44.8 Å². The van der Waals surface area contributed by atoms with Crippen molar-refractivity contribution in [3.05, 3.63) is 127 Å². The Balaban J connectivity index is 1.93. The lowest BCUT2D eigenvalue weighted by Gasteiger charge is -2.17. The van der Waals surface area contributed by atoms with Crippen molar-refractivity contribution in [2.45, 2.75) is 0 Å². The molecule has 0 saturated carbocycles. The fourth-order valence-electron chi connectivity index (χ4n) is 4.28. The van der Waals surface area contributed by atoms with E-state index in [-0.39, 0.29) is 0 Å². The molecule has 5 rings (SSSR count). The van der Waals surface area contributed by atoms with Crippen molar-refractivity contribution in [3.63, 3.8) is 0 Å². The Hall–Kier alpha value is -3.97. The van der Waals surface area contributed by atoms with E-state index in [0.29, 0.717) is 0 Å². The molecule has 31 heavy (non-hydrogen) atoms. The predicted octanol–water partition coefficient (Wildman–Crippen LogP) is 7.18. The van der Waals surface area contributed by atoms with Gasteiger partial charge >= 0.3 is 0 Å². The van der Waals surface area contributed by atoms with Gasteiger partial charge in [0.15, 0.2) is 0 Å². The van der Waals surface area contributed by atoms with Crippen LogP contribution in [0, 0.1) is 0 Å². The lowest BCUT2D eigenvalue weighted by molar-refractivity contribution is -0.648. The molecule has 1 aromatic heterocycles. The minimum absolute atomic E-state index is 1.19. The Kier molecular flexibility index (Phi) is 5.16. The normalized spacial score (nSPS) is 10.7. The van der Waals surface area contributed by atoms with Gasteiger partial charge in [-0.1, -0.05) is 97.1 Å². The minimum atomic E-state index is 1.19. The summed E-state index contributed by atoms with van der Waals surface area (Å²) in [5.74, 6) is 0. The van der Waals surface area contributed by atoms with Crippen molar-refractivity contribution in [1.29, 1.82) is 0 Å². The van der Waals surface area contributed by atoms with Crippen LogP contribution in [0.4, 0.5) is 0 Å². The SMILES string of the molecule is C[n+]1c(-c2ccccc2)cc(-c2ccccc2)c(-c2ccccc2)c1-c1ccccc1. The Morgan fingerprint density at radius 2 is 0.871 bits per heavy atom. The molecule has 0 bridgehead atoms. The first kappa shape index (κ1) is 19.0. The van der Waals surface area contributed by atoms with E-state index >= 15 is 0 Å². The van der Waals surface area contributed by atoms with E-state index in [1.807, 2.05) is 0 Å². The van der Waals surface area contributed by atoms with Crippen molar-refractivity contribution in [2.24, 2.45) is 7.05 Å². The third-order valence-corrected chi connectivity index (χ3v) is 5.75. The highest BCUT2D eigenvalue weighted by molar-refractivity contribution is 5.92. The van der Waals surface area contributed by atoms with Crippen LogP contribution in [0.2, 0.25) is 0 Å². The third kappa shape index (κ3) is 3.67. The van der Waals surface area contributed by atoms with Crippen LogP contribution >= 0.6 is 0 Å². The maximum atomic E-state index is 2.33. The number of aromatic nitrogens is 1. The van der Waals surface area contributed by atoms with Crippen LogP contribution in [0.3, 0.4) is 0 Å². The molecule has 4 aromatic carbocycles. The zero-order valence-corrected chi connectivity index (χ0v) is 17.6. The molecule has 0 spiro atoms. The molecule has 0 aliphatic rings. The summed E-state index contributed by atoms with van der Waals surface area (Å²) in [7, 11) is 2.17. The summed E-state index contributed by atoms with van der Waals surface area (Å²) < 4.78 is 2.33. The quantitative estimate of drug-likeness (QED) is 0.282. The largest absolute Gasteiger partial charge is 0.221 e. The number of hydrogen-bond acceptors (Lipinski definition) is 0. The lowest BCUT2D eigenvalue weighted by Crippen LogP contribution is -2.35. The van der Waals surface area contributed by atoms with Crippen LogP contribution < -0.4 is 4.57 Å². The van der Waals surface area contributed by atoms with Crippen LogP contribution in [0.5, 0.6) is 0 Å². The van der Waals surface area contributed by atoms with E-state index in [4.69, 9.17) is 0 Å². The molecule has 0 radical (unpaired) electrons. The van der Waals surface area contributed by atoms with Gasteiger partial charge in [-0.25, -0.2) is 0 Å². The molecule has 0 N–H and O–H groups in total. The van der Waals surface area contributed by atoms with Crippen LogP contribution in [0.15, 0.2) is 127 Å². The molecule has 0 unspecified atom stereocenters. The molecule has 1 heterocycles. The standard InChI is InChI=1S/C30H24N/c1-31-28(24-16-8-3-9-17-24)22-27(23-14-6-2-7-15-23)29(25-18-10-4-11-19-25)30(31)26-20-12-5-13-21-26/h2-22H,1H3/q+1. The Morgan fingerprint density at radius 3 is 1.39 bits per heavy atom. The van der Waals surface area contributed by atoms with E-state index < -0.39 is 0 Å². The summed E-state index contributed by atoms with van der Waals surface area (Å²) in [5, 5.41) is 0. The molecule has 5 aromatic rings. The molecule has 0 atom stereocenters. The van der Waals surface area contributed by atoms with E-state index in [9.17, 15) is 0 Å². The molecule has 148 valence electrons. The monoisotopic (exact) mass is 398 g/mol. The van der Waals surface area contributed by atoms with Gasteiger partial charge < -0.3 is 0 Å². The molecule has 0 fully saturated rings. The van der Waals surface area contributed by atoms with Gasteiger partial charge in [-0.15, -0.1) is 0 Å². The van der Waals surface area contributed by atoms with Gasteiger partial charge in [-0.3, -0.25) is 0 Å². The number of nitrogens with zero attached hydrogens (tertiary/aromatic N) is 1. The van der Waals surface area contributed by atoms with Crippen molar-refractivity contribution < 1.29 is 4.57 Å². The molecule has 1 heteroatoms. The first-order valence-electron chi connectivity index (χ1n) is 10.6. The van der Waals surface area contributed by atoms with E-state index in [2.05, 4.69) is 139 Å². The maximum Gasteiger partial charge on any atom is 0.221 e. The fraction of sp³-hybridized carbons (Fsp3) is 0.0333. The Morgan fingerprint density at radius 1 is 0.452 bits per heavy atom. The topological polar surface area (TPSA) is 3.88 Å². The van der Waals surface area contributed by atoms with Gasteiger partial charge in [0, 0.05) is 22.8 Å². The fourth-order valence-corrected chi connectivity index (χ4v) is 4.28. The minimum Gasteiger partial charge on any atom is -0.194 e. The predicted molar refractivity (Wildman–Crippen MR) is 129 cm³/mol. The first-order valence-corrected chi connectivity index (χ1v) is 10.6. The zero-order valence-electron chi connectivity index (χ0n) is 17.6. The molecule has 0 saturated heterocycles. The van der Waals surface area contributed by atoms with Gasteiger partial charge in [0.05, 0.1) is 5.56 Å². The number of hydrogen-bond donors (Lipinski definition) is 0. The molecule has 0 aliphatic carbocycles. The summed E-state index contributed by atoms with van der Waals surface area (Å²) in [4.78, 5) is 0. The highest BCUT2D eigenvalue weighted by Crippen LogP contribution is 2.40. The number of rotatable bonds is 4. The third-order valence-electron chi connectivity index (χ3n) is 5.75. The average molecular weight is 399 g/mol. The smallest absolute Gasteiger partial charge is 0.194 e. The Bertz CT molecular complexity index is 1290.